The van der Waals surface area contributed by atoms with Gasteiger partial charge in [0.2, 0.25) is 0 Å². The lowest BCUT2D eigenvalue weighted by Gasteiger charge is -2.38. The van der Waals surface area contributed by atoms with Crippen molar-refractivity contribution in [3.63, 3.8) is 0 Å². The molecule has 100 valence electrons. The number of hydrogen-bond acceptors (Lipinski definition) is 3. The van der Waals surface area contributed by atoms with Gasteiger partial charge < -0.3 is 9.64 Å². The molecule has 0 radical (unpaired) electrons. The normalized spacial score (nSPS) is 17.3. The molecule has 0 N–H and O–H groups in total. The Morgan fingerprint density at radius 2 is 1.83 bits per heavy atom. The van der Waals surface area contributed by atoms with E-state index in [1.165, 1.54) is 7.11 Å². The third kappa shape index (κ3) is 2.75. The summed E-state index contributed by atoms with van der Waals surface area (Å²) in [6.07, 6.45) is 0. The maximum atomic E-state index is 13.6. The van der Waals surface area contributed by atoms with Crippen LogP contribution in [-0.2, 0) is 0 Å². The Bertz CT molecular complexity index is 401. The number of methoxy groups -OCH3 is 1. The first-order valence-electron chi connectivity index (χ1n) is 6.44. The molecule has 0 bridgehead atoms. The Morgan fingerprint density at radius 3 is 2.33 bits per heavy atom. The summed E-state index contributed by atoms with van der Waals surface area (Å²) in [5.41, 5.74) is 0.941. The number of nitrogens with zero attached hydrogens (tertiary/aromatic N) is 2. The fraction of sp³-hybridized carbons (Fsp3) is 0.571. The third-order valence-electron chi connectivity index (χ3n) is 3.55. The fourth-order valence-electron chi connectivity index (χ4n) is 2.35. The van der Waals surface area contributed by atoms with E-state index >= 15 is 0 Å². The number of rotatable bonds is 3. The number of benzene rings is 1. The Hall–Kier alpha value is -1.29. The van der Waals surface area contributed by atoms with Gasteiger partial charge in [0.1, 0.15) is 0 Å². The molecule has 1 aliphatic rings. The second kappa shape index (κ2) is 5.57. The Labute approximate surface area is 108 Å². The molecule has 1 saturated heterocycles. The lowest BCUT2D eigenvalue weighted by atomic mass is 10.2. The molecule has 1 fully saturated rings. The number of hydrogen-bond donors (Lipinski definition) is 0. The molecule has 0 atom stereocenters. The molecule has 2 rings (SSSR count). The van der Waals surface area contributed by atoms with E-state index in [2.05, 4.69) is 23.6 Å². The summed E-state index contributed by atoms with van der Waals surface area (Å²) in [6, 6.07) is 5.76. The van der Waals surface area contributed by atoms with Crippen LogP contribution in [0.3, 0.4) is 0 Å². The smallest absolute Gasteiger partial charge is 0.167 e. The van der Waals surface area contributed by atoms with Crippen LogP contribution < -0.4 is 9.64 Å². The van der Waals surface area contributed by atoms with Crippen LogP contribution in [0.5, 0.6) is 5.75 Å². The van der Waals surface area contributed by atoms with Crippen molar-refractivity contribution in [1.29, 1.82) is 0 Å². The summed E-state index contributed by atoms with van der Waals surface area (Å²) in [5.74, 6) is 0.0147. The molecule has 1 aromatic carbocycles. The molecule has 0 aliphatic carbocycles. The second-order valence-corrected chi connectivity index (χ2v) is 4.94. The molecule has 1 aromatic rings. The van der Waals surface area contributed by atoms with E-state index in [0.717, 1.165) is 31.9 Å². The molecule has 0 spiro atoms. The van der Waals surface area contributed by atoms with Crippen molar-refractivity contribution in [2.75, 3.05) is 38.2 Å². The number of anilines is 1. The van der Waals surface area contributed by atoms with Gasteiger partial charge in [0.05, 0.1) is 7.11 Å². The fourth-order valence-corrected chi connectivity index (χ4v) is 2.35. The van der Waals surface area contributed by atoms with Crippen LogP contribution in [0.25, 0.3) is 0 Å². The van der Waals surface area contributed by atoms with Crippen LogP contribution >= 0.6 is 0 Å². The van der Waals surface area contributed by atoms with Crippen molar-refractivity contribution in [2.45, 2.75) is 19.9 Å². The first kappa shape index (κ1) is 13.1. The molecule has 18 heavy (non-hydrogen) atoms. The highest BCUT2D eigenvalue weighted by molar-refractivity contribution is 5.50. The molecular formula is C14H21FN2O. The summed E-state index contributed by atoms with van der Waals surface area (Å²) in [6.45, 7) is 8.38. The van der Waals surface area contributed by atoms with Crippen LogP contribution in [0.1, 0.15) is 13.8 Å². The predicted molar refractivity (Wildman–Crippen MR) is 71.9 cm³/mol. The van der Waals surface area contributed by atoms with E-state index < -0.39 is 0 Å². The third-order valence-corrected chi connectivity index (χ3v) is 3.55. The van der Waals surface area contributed by atoms with Crippen molar-refractivity contribution < 1.29 is 9.13 Å². The second-order valence-electron chi connectivity index (χ2n) is 4.94. The van der Waals surface area contributed by atoms with E-state index in [0.29, 0.717) is 11.8 Å². The lowest BCUT2D eigenvalue weighted by molar-refractivity contribution is 0.209. The monoisotopic (exact) mass is 252 g/mol. The molecular weight excluding hydrogens is 231 g/mol. The predicted octanol–water partition coefficient (Wildman–Crippen LogP) is 2.36. The van der Waals surface area contributed by atoms with Gasteiger partial charge in [-0.3, -0.25) is 4.90 Å². The highest BCUT2D eigenvalue weighted by atomic mass is 19.1. The molecule has 0 unspecified atom stereocenters. The first-order valence-corrected chi connectivity index (χ1v) is 6.44. The zero-order valence-corrected chi connectivity index (χ0v) is 11.3. The highest BCUT2D eigenvalue weighted by Gasteiger charge is 2.19. The van der Waals surface area contributed by atoms with Gasteiger partial charge in [-0.15, -0.1) is 0 Å². The van der Waals surface area contributed by atoms with Crippen molar-refractivity contribution >= 4 is 5.69 Å². The molecule has 0 amide bonds. The summed E-state index contributed by atoms with van der Waals surface area (Å²) in [4.78, 5) is 4.66. The average Bonchev–Trinajstić information content (AvgIpc) is 2.38. The van der Waals surface area contributed by atoms with Gasteiger partial charge in [-0.25, -0.2) is 4.39 Å². The van der Waals surface area contributed by atoms with E-state index in [1.54, 1.807) is 12.1 Å². The average molecular weight is 252 g/mol. The summed E-state index contributed by atoms with van der Waals surface area (Å²) in [7, 11) is 1.49. The summed E-state index contributed by atoms with van der Waals surface area (Å²) in [5, 5.41) is 0. The van der Waals surface area contributed by atoms with Crippen molar-refractivity contribution in [3.05, 3.63) is 24.0 Å². The minimum absolute atomic E-state index is 0.290. The van der Waals surface area contributed by atoms with Crippen LogP contribution in [-0.4, -0.2) is 44.2 Å². The van der Waals surface area contributed by atoms with Gasteiger partial charge in [0.15, 0.2) is 11.6 Å². The van der Waals surface area contributed by atoms with Gasteiger partial charge in [0, 0.05) is 44.0 Å². The van der Waals surface area contributed by atoms with Crippen LogP contribution in [0, 0.1) is 5.82 Å². The molecule has 0 saturated carbocycles. The Balaban J connectivity index is 2.03. The van der Waals surface area contributed by atoms with E-state index in [1.807, 2.05) is 6.07 Å². The molecule has 1 aliphatic heterocycles. The number of piperazine rings is 1. The Morgan fingerprint density at radius 1 is 1.17 bits per heavy atom. The van der Waals surface area contributed by atoms with Crippen LogP contribution in [0.2, 0.25) is 0 Å². The van der Waals surface area contributed by atoms with Crippen LogP contribution in [0.15, 0.2) is 18.2 Å². The van der Waals surface area contributed by atoms with Gasteiger partial charge >= 0.3 is 0 Å². The van der Waals surface area contributed by atoms with E-state index in [4.69, 9.17) is 4.74 Å². The maximum absolute atomic E-state index is 13.6. The van der Waals surface area contributed by atoms with Gasteiger partial charge in [-0.05, 0) is 26.0 Å². The van der Waals surface area contributed by atoms with Gasteiger partial charge in [-0.2, -0.15) is 0 Å². The molecule has 0 aromatic heterocycles. The van der Waals surface area contributed by atoms with Crippen LogP contribution in [0.4, 0.5) is 10.1 Å². The highest BCUT2D eigenvalue weighted by Crippen LogP contribution is 2.24. The van der Waals surface area contributed by atoms with Crippen molar-refractivity contribution in [1.82, 2.24) is 4.90 Å². The van der Waals surface area contributed by atoms with E-state index in [9.17, 15) is 4.39 Å². The zero-order chi connectivity index (χ0) is 13.1. The lowest BCUT2D eigenvalue weighted by Crippen LogP contribution is -2.48. The van der Waals surface area contributed by atoms with Crippen molar-refractivity contribution in [2.24, 2.45) is 0 Å². The number of halogens is 1. The van der Waals surface area contributed by atoms with E-state index in [-0.39, 0.29) is 5.82 Å². The molecule has 3 nitrogen and oxygen atoms in total. The maximum Gasteiger partial charge on any atom is 0.167 e. The SMILES string of the molecule is COc1ccc(N2CCN(C(C)C)CC2)cc1F. The quantitative estimate of drug-likeness (QED) is 0.821. The summed E-state index contributed by atoms with van der Waals surface area (Å²) < 4.78 is 18.6. The standard InChI is InChI=1S/C14H21FN2O/c1-11(2)16-6-8-17(9-7-16)12-4-5-14(18-3)13(15)10-12/h4-5,10-11H,6-9H2,1-3H3. The topological polar surface area (TPSA) is 15.7 Å². The Kier molecular flexibility index (Phi) is 4.07. The number of ether oxygens (including phenoxy) is 1. The minimum Gasteiger partial charge on any atom is -0.494 e. The zero-order valence-electron chi connectivity index (χ0n) is 11.3. The first-order chi connectivity index (χ1) is 8.61. The minimum atomic E-state index is -0.290. The van der Waals surface area contributed by atoms with Gasteiger partial charge in [0.25, 0.3) is 0 Å². The summed E-state index contributed by atoms with van der Waals surface area (Å²) >= 11 is 0. The molecule has 4 heteroatoms. The van der Waals surface area contributed by atoms with Gasteiger partial charge in [-0.1, -0.05) is 0 Å². The molecule has 1 heterocycles. The largest absolute Gasteiger partial charge is 0.494 e. The van der Waals surface area contributed by atoms with Crippen molar-refractivity contribution in [3.8, 4) is 5.75 Å².